The smallest absolute Gasteiger partial charge is 0.311 e. The fourth-order valence-electron chi connectivity index (χ4n) is 9.00. The first-order valence-electron chi connectivity index (χ1n) is 18.7. The lowest BCUT2D eigenvalue weighted by molar-refractivity contribution is -0.154. The third kappa shape index (κ3) is 5.83. The number of ether oxygens (including phenoxy) is 1. The average Bonchev–Trinajstić information content (AvgIpc) is 3.90. The molecule has 10 rings (SSSR count). The second-order valence-corrected chi connectivity index (χ2v) is 14.6. The lowest BCUT2D eigenvalue weighted by Gasteiger charge is -2.47. The molecule has 0 amide bonds. The highest BCUT2D eigenvalue weighted by Gasteiger charge is 2.48. The number of aromatic nitrogens is 6. The number of benzene rings is 3. The molecule has 0 radical (unpaired) electrons. The van der Waals surface area contributed by atoms with Crippen LogP contribution < -0.4 is 5.32 Å². The fraction of sp³-hybridized carbons (Fsp3) is 0.250. The molecule has 3 saturated carbocycles. The number of halogens is 1. The third-order valence-electron chi connectivity index (χ3n) is 11.3. The van der Waals surface area contributed by atoms with Gasteiger partial charge in [0.05, 0.1) is 24.3 Å². The maximum absolute atomic E-state index is 13.4. The highest BCUT2D eigenvalue weighted by Crippen LogP contribution is 2.48. The maximum Gasteiger partial charge on any atom is 0.311 e. The molecular formula is C44H40ClN7O2. The van der Waals surface area contributed by atoms with Crippen LogP contribution in [-0.4, -0.2) is 47.7 Å². The molecule has 0 saturated heterocycles. The molecule has 3 fully saturated rings. The molecule has 3 aliphatic rings. The van der Waals surface area contributed by atoms with Crippen molar-refractivity contribution in [1.29, 1.82) is 0 Å². The molecule has 4 aromatic heterocycles. The van der Waals surface area contributed by atoms with Crippen LogP contribution in [0.4, 0.5) is 5.82 Å². The van der Waals surface area contributed by atoms with E-state index in [0.717, 1.165) is 42.4 Å². The number of esters is 1. The summed E-state index contributed by atoms with van der Waals surface area (Å²) in [5.41, 5.74) is 4.15. The molecular weight excluding hydrogens is 694 g/mol. The second-order valence-electron chi connectivity index (χ2n) is 14.2. The van der Waals surface area contributed by atoms with Crippen molar-refractivity contribution >= 4 is 34.6 Å². The van der Waals surface area contributed by atoms with Crippen LogP contribution in [0.15, 0.2) is 134 Å². The number of nitrogens with zero attached hydrogens (tertiary/aromatic N) is 6. The summed E-state index contributed by atoms with van der Waals surface area (Å²) in [4.78, 5) is 33.7. The van der Waals surface area contributed by atoms with E-state index in [4.69, 9.17) is 36.3 Å². The van der Waals surface area contributed by atoms with E-state index in [9.17, 15) is 4.79 Å². The normalized spacial score (nSPS) is 19.5. The Morgan fingerprint density at radius 2 is 1.41 bits per heavy atom. The predicted molar refractivity (Wildman–Crippen MR) is 210 cm³/mol. The molecule has 54 heavy (non-hydrogen) atoms. The largest absolute Gasteiger partial charge is 0.466 e. The minimum Gasteiger partial charge on any atom is -0.466 e. The molecule has 4 heterocycles. The Morgan fingerprint density at radius 3 is 2.00 bits per heavy atom. The average molecular weight is 734 g/mol. The van der Waals surface area contributed by atoms with Gasteiger partial charge in [0.25, 0.3) is 0 Å². The van der Waals surface area contributed by atoms with E-state index < -0.39 is 5.54 Å². The Kier molecular flexibility index (Phi) is 8.95. The van der Waals surface area contributed by atoms with Crippen LogP contribution in [0, 0.1) is 17.8 Å². The van der Waals surface area contributed by atoms with E-state index >= 15 is 0 Å². The summed E-state index contributed by atoms with van der Waals surface area (Å²) in [5, 5.41) is 4.02. The third-order valence-corrected chi connectivity index (χ3v) is 11.5. The first-order valence-corrected chi connectivity index (χ1v) is 19.1. The number of rotatable bonds is 10. The molecule has 3 aliphatic carbocycles. The van der Waals surface area contributed by atoms with Gasteiger partial charge in [0.1, 0.15) is 27.8 Å². The van der Waals surface area contributed by atoms with Crippen LogP contribution in [0.25, 0.3) is 28.4 Å². The molecule has 0 aliphatic heterocycles. The van der Waals surface area contributed by atoms with Gasteiger partial charge in [-0.05, 0) is 73.3 Å². The van der Waals surface area contributed by atoms with Gasteiger partial charge in [0, 0.05) is 30.7 Å². The molecule has 2 atom stereocenters. The van der Waals surface area contributed by atoms with Gasteiger partial charge < -0.3 is 19.2 Å². The number of nitrogens with one attached hydrogen (secondary N) is 1. The summed E-state index contributed by atoms with van der Waals surface area (Å²) < 4.78 is 9.79. The zero-order valence-corrected chi connectivity index (χ0v) is 30.7. The number of hydrogen-bond acceptors (Lipinski definition) is 7. The van der Waals surface area contributed by atoms with E-state index in [0.29, 0.717) is 46.7 Å². The maximum atomic E-state index is 13.4. The number of hydrogen-bond donors (Lipinski definition) is 1. The van der Waals surface area contributed by atoms with Gasteiger partial charge >= 0.3 is 5.97 Å². The first-order chi connectivity index (χ1) is 26.5. The standard InChI is InChI=1S/C44H40ClN7O2/c1-2-54-43(53)38-29-20-22-30(23-21-29)39(38)48-36-26-37(51-24-12-13-25-51)50-41(49-36)34-28-52(42-40(34)47-35(45)27-46-42)44(31-14-6-3-7-15-31,32-16-8-4-9-17-32)33-18-10-5-11-19-33/h3-19,24-30,38-39H,2,20-23H2,1H3,(H,48,49,50)/t29?,30?,38-,39-/m0/s1. The van der Waals surface area contributed by atoms with E-state index in [1.165, 1.54) is 0 Å². The number of anilines is 1. The Bertz CT molecular complexity index is 2300. The van der Waals surface area contributed by atoms with Crippen molar-refractivity contribution in [1.82, 2.24) is 29.1 Å². The van der Waals surface area contributed by atoms with Crippen LogP contribution in [0.5, 0.6) is 0 Å². The number of fused-ring (bicyclic) bond motifs is 4. The Hall–Kier alpha value is -5.80. The second kappa shape index (κ2) is 14.2. The molecule has 0 unspecified atom stereocenters. The van der Waals surface area contributed by atoms with Crippen molar-refractivity contribution < 1.29 is 9.53 Å². The topological polar surface area (TPSA) is 99.8 Å². The summed E-state index contributed by atoms with van der Waals surface area (Å²) in [6, 6.07) is 37.2. The van der Waals surface area contributed by atoms with Crippen molar-refractivity contribution in [2.45, 2.75) is 44.2 Å². The Labute approximate surface area is 319 Å². The quantitative estimate of drug-likeness (QED) is 0.111. The lowest BCUT2D eigenvalue weighted by Crippen LogP contribution is -2.52. The molecule has 1 N–H and O–H groups in total. The van der Waals surface area contributed by atoms with Gasteiger partial charge in [-0.3, -0.25) is 4.79 Å². The van der Waals surface area contributed by atoms with Gasteiger partial charge in [-0.2, -0.15) is 0 Å². The number of carbonyl (C=O) groups is 1. The van der Waals surface area contributed by atoms with Crippen LogP contribution in [0.1, 0.15) is 49.3 Å². The summed E-state index contributed by atoms with van der Waals surface area (Å²) in [6.07, 6.45) is 11.8. The van der Waals surface area contributed by atoms with E-state index in [2.05, 4.69) is 88.9 Å². The van der Waals surface area contributed by atoms with Crippen LogP contribution >= 0.6 is 11.6 Å². The van der Waals surface area contributed by atoms with Gasteiger partial charge in [0.2, 0.25) is 0 Å². The first kappa shape index (κ1) is 34.0. The van der Waals surface area contributed by atoms with Crippen molar-refractivity contribution in [2.75, 3.05) is 11.9 Å². The minimum absolute atomic E-state index is 0.103. The summed E-state index contributed by atoms with van der Waals surface area (Å²) in [7, 11) is 0. The van der Waals surface area contributed by atoms with Crippen molar-refractivity contribution in [3.05, 3.63) is 156 Å². The van der Waals surface area contributed by atoms with E-state index in [1.54, 1.807) is 6.20 Å². The number of carbonyl (C=O) groups excluding carboxylic acids is 1. The van der Waals surface area contributed by atoms with Gasteiger partial charge in [-0.1, -0.05) is 103 Å². The zero-order chi connectivity index (χ0) is 36.6. The SMILES string of the molecule is CCOC(=O)[C@H]1C2CCC(CC2)[C@@H]1Nc1cc(-n2cccc2)nc(-c2cn(C(c3ccccc3)(c3ccccc3)c3ccccc3)c3ncc(Cl)nc23)n1. The highest BCUT2D eigenvalue weighted by atomic mass is 35.5. The van der Waals surface area contributed by atoms with Crippen LogP contribution in [-0.2, 0) is 15.1 Å². The van der Waals surface area contributed by atoms with Crippen LogP contribution in [0.3, 0.4) is 0 Å². The van der Waals surface area contributed by atoms with Crippen molar-refractivity contribution in [3.63, 3.8) is 0 Å². The van der Waals surface area contributed by atoms with Gasteiger partial charge in [-0.15, -0.1) is 0 Å². The van der Waals surface area contributed by atoms with Crippen molar-refractivity contribution in [3.8, 4) is 17.2 Å². The summed E-state index contributed by atoms with van der Waals surface area (Å²) in [6.45, 7) is 2.23. The van der Waals surface area contributed by atoms with Gasteiger partial charge in [-0.25, -0.2) is 19.9 Å². The summed E-state index contributed by atoms with van der Waals surface area (Å²) in [5.74, 6) is 2.03. The molecule has 7 aromatic rings. The predicted octanol–water partition coefficient (Wildman–Crippen LogP) is 8.95. The Balaban J connectivity index is 1.28. The lowest BCUT2D eigenvalue weighted by atomic mass is 9.61. The molecule has 270 valence electrons. The fourth-order valence-corrected chi connectivity index (χ4v) is 9.13. The van der Waals surface area contributed by atoms with E-state index in [-0.39, 0.29) is 29.0 Å². The molecule has 9 nitrogen and oxygen atoms in total. The zero-order valence-electron chi connectivity index (χ0n) is 29.9. The minimum atomic E-state index is -0.865. The van der Waals surface area contributed by atoms with Gasteiger partial charge in [0.15, 0.2) is 11.5 Å². The summed E-state index contributed by atoms with van der Waals surface area (Å²) >= 11 is 6.65. The Morgan fingerprint density at radius 1 is 0.815 bits per heavy atom. The molecule has 10 heteroatoms. The molecule has 2 bridgehead atoms. The molecule has 3 aromatic carbocycles. The van der Waals surface area contributed by atoms with Crippen LogP contribution in [0.2, 0.25) is 5.15 Å². The molecule has 0 spiro atoms. The van der Waals surface area contributed by atoms with E-state index in [1.807, 2.05) is 60.3 Å². The highest BCUT2D eigenvalue weighted by molar-refractivity contribution is 6.29. The van der Waals surface area contributed by atoms with Crippen molar-refractivity contribution in [2.24, 2.45) is 17.8 Å². The monoisotopic (exact) mass is 733 g/mol.